The van der Waals surface area contributed by atoms with Crippen molar-refractivity contribution in [2.45, 2.75) is 94.9 Å². The summed E-state index contributed by atoms with van der Waals surface area (Å²) in [5, 5.41) is 33.3. The van der Waals surface area contributed by atoms with Gasteiger partial charge in [-0.15, -0.1) is 0 Å². The van der Waals surface area contributed by atoms with Crippen molar-refractivity contribution in [3.05, 3.63) is 79.9 Å². The molecule has 2 aromatic carbocycles. The number of nitro benzene ring substituents is 2. The maximum absolute atomic E-state index is 13.3. The summed E-state index contributed by atoms with van der Waals surface area (Å²) in [6, 6.07) is 11.2. The molecule has 2 heterocycles. The predicted octanol–water partition coefficient (Wildman–Crippen LogP) is 6.50. The van der Waals surface area contributed by atoms with E-state index in [9.17, 15) is 34.9 Å². The Kier molecular flexibility index (Phi) is 12.7. The quantitative estimate of drug-likeness (QED) is 0.136. The number of likely N-dealkylation sites (tertiary alicyclic amines) is 2. The van der Waals surface area contributed by atoms with E-state index < -0.39 is 42.5 Å². The number of aliphatic hydroxyl groups excluding tert-OH is 1. The fourth-order valence-electron chi connectivity index (χ4n) is 5.55. The number of amides is 2. The van der Waals surface area contributed by atoms with E-state index in [1.165, 1.54) is 24.3 Å². The molecule has 268 valence electrons. The highest BCUT2D eigenvalue weighted by Crippen LogP contribution is 2.39. The number of benzene rings is 2. The molecule has 16 heteroatoms. The van der Waals surface area contributed by atoms with Gasteiger partial charge in [-0.25, -0.2) is 9.59 Å². The van der Waals surface area contributed by atoms with Gasteiger partial charge in [0.05, 0.1) is 28.1 Å². The van der Waals surface area contributed by atoms with Crippen LogP contribution in [0.3, 0.4) is 0 Å². The minimum Gasteiger partial charge on any atom is -0.445 e. The third-order valence-electron chi connectivity index (χ3n) is 9.44. The van der Waals surface area contributed by atoms with Gasteiger partial charge in [-0.3, -0.25) is 25.1 Å². The Bertz CT molecular complexity index is 1470. The molecule has 0 bridgehead atoms. The molecule has 2 aliphatic rings. The lowest BCUT2D eigenvalue weighted by Crippen LogP contribution is -2.45. The molecule has 2 fully saturated rings. The molecular formula is C33H46N4O10SSi. The minimum absolute atomic E-state index is 0.0195. The molecule has 0 spiro atoms. The van der Waals surface area contributed by atoms with Crippen molar-refractivity contribution in [1.82, 2.24) is 9.80 Å². The van der Waals surface area contributed by atoms with Gasteiger partial charge < -0.3 is 23.9 Å². The van der Waals surface area contributed by atoms with Crippen LogP contribution in [0.25, 0.3) is 0 Å². The number of thioether (sulfide) groups is 1. The lowest BCUT2D eigenvalue weighted by Gasteiger charge is -2.38. The van der Waals surface area contributed by atoms with E-state index in [0.29, 0.717) is 49.4 Å². The number of non-ortho nitro benzene ring substituents is 2. The Morgan fingerprint density at radius 2 is 1.47 bits per heavy atom. The average Bonchev–Trinajstić information content (AvgIpc) is 3.70. The van der Waals surface area contributed by atoms with Crippen LogP contribution in [0, 0.1) is 20.2 Å². The van der Waals surface area contributed by atoms with E-state index in [4.69, 9.17) is 13.9 Å². The van der Waals surface area contributed by atoms with Crippen molar-refractivity contribution in [3.63, 3.8) is 0 Å². The van der Waals surface area contributed by atoms with Crippen molar-refractivity contribution in [1.29, 1.82) is 0 Å². The van der Waals surface area contributed by atoms with Gasteiger partial charge in [-0.1, -0.05) is 20.8 Å². The van der Waals surface area contributed by atoms with Gasteiger partial charge in [0.1, 0.15) is 13.2 Å². The van der Waals surface area contributed by atoms with Crippen LogP contribution in [-0.2, 0) is 27.1 Å². The van der Waals surface area contributed by atoms with Crippen molar-refractivity contribution >= 4 is 43.6 Å². The van der Waals surface area contributed by atoms with E-state index in [2.05, 4.69) is 33.9 Å². The van der Waals surface area contributed by atoms with Gasteiger partial charge in [-0.05, 0) is 78.5 Å². The molecule has 2 saturated heterocycles. The summed E-state index contributed by atoms with van der Waals surface area (Å²) in [6.07, 6.45) is -0.409. The van der Waals surface area contributed by atoms with Crippen LogP contribution in [0.5, 0.6) is 0 Å². The summed E-state index contributed by atoms with van der Waals surface area (Å²) in [5.41, 5.74) is 1.19. The third kappa shape index (κ3) is 10.4. The van der Waals surface area contributed by atoms with Crippen molar-refractivity contribution in [2.24, 2.45) is 0 Å². The van der Waals surface area contributed by atoms with Gasteiger partial charge >= 0.3 is 12.2 Å². The first-order chi connectivity index (χ1) is 23.0. The molecule has 0 radical (unpaired) electrons. The fraction of sp³-hybridized carbons (Fsp3) is 0.576. The Morgan fingerprint density at radius 3 is 1.98 bits per heavy atom. The number of hydrogen-bond donors (Lipinski definition) is 1. The van der Waals surface area contributed by atoms with E-state index in [1.54, 1.807) is 45.8 Å². The number of ether oxygens (including phenoxy) is 2. The summed E-state index contributed by atoms with van der Waals surface area (Å²) in [6.45, 7) is 12.1. The van der Waals surface area contributed by atoms with Gasteiger partial charge in [0.2, 0.25) is 0 Å². The maximum Gasteiger partial charge on any atom is 0.410 e. The maximum atomic E-state index is 13.3. The molecule has 2 amide bonds. The largest absolute Gasteiger partial charge is 0.445 e. The SMILES string of the molecule is CC(C)(C)[Si](C)(C)O[C@@H]1C[C@@H]([C@H](O)CCS[C@H]2CCN(C(=O)OCc3ccc([N+](=O)[O-])cc3)C2)N(C(=O)OCc2ccc([N+](=O)[O-])cc2)C1. The number of carbonyl (C=O) groups is 2. The number of carbonyl (C=O) groups excluding carboxylic acids is 2. The number of nitrogens with zero attached hydrogens (tertiary/aromatic N) is 4. The van der Waals surface area contributed by atoms with Crippen LogP contribution >= 0.6 is 11.8 Å². The van der Waals surface area contributed by atoms with Crippen LogP contribution in [0.2, 0.25) is 18.1 Å². The van der Waals surface area contributed by atoms with Crippen LogP contribution in [0.4, 0.5) is 21.0 Å². The van der Waals surface area contributed by atoms with E-state index in [-0.39, 0.29) is 41.0 Å². The zero-order chi connectivity index (χ0) is 35.9. The zero-order valence-corrected chi connectivity index (χ0v) is 30.4. The molecule has 1 N–H and O–H groups in total. The standard InChI is InChI=1S/C33H46N4O10SSi/c1-33(2,3)49(4,5)47-27-18-29(35(19-27)32(40)46-22-24-8-12-26(13-9-24)37(43)44)30(38)15-17-48-28-14-16-34(20-28)31(39)45-21-23-6-10-25(11-7-23)36(41)42/h6-13,27-30,38H,14-22H2,1-5H3/t27-,28+,29+,30-/m1/s1. The van der Waals surface area contributed by atoms with Crippen LogP contribution in [0.15, 0.2) is 48.5 Å². The molecule has 49 heavy (non-hydrogen) atoms. The third-order valence-corrected chi connectivity index (χ3v) is 15.3. The molecule has 2 aliphatic heterocycles. The second-order valence-corrected chi connectivity index (χ2v) is 20.2. The van der Waals surface area contributed by atoms with E-state index in [1.807, 2.05) is 0 Å². The first kappa shape index (κ1) is 38.1. The Labute approximate surface area is 291 Å². The molecule has 0 aliphatic carbocycles. The predicted molar refractivity (Wildman–Crippen MR) is 187 cm³/mol. The summed E-state index contributed by atoms with van der Waals surface area (Å²) < 4.78 is 17.7. The first-order valence-electron chi connectivity index (χ1n) is 16.3. The highest BCUT2D eigenvalue weighted by molar-refractivity contribution is 7.99. The minimum atomic E-state index is -2.16. The summed E-state index contributed by atoms with van der Waals surface area (Å²) in [4.78, 5) is 50.0. The van der Waals surface area contributed by atoms with Crippen LogP contribution in [0.1, 0.15) is 51.2 Å². The van der Waals surface area contributed by atoms with E-state index in [0.717, 1.165) is 6.42 Å². The average molecular weight is 719 g/mol. The highest BCUT2D eigenvalue weighted by atomic mass is 32.2. The molecule has 0 unspecified atom stereocenters. The molecule has 4 rings (SSSR count). The monoisotopic (exact) mass is 718 g/mol. The highest BCUT2D eigenvalue weighted by Gasteiger charge is 2.45. The summed E-state index contributed by atoms with van der Waals surface area (Å²) >= 11 is 1.67. The molecule has 14 nitrogen and oxygen atoms in total. The summed E-state index contributed by atoms with van der Waals surface area (Å²) in [7, 11) is -2.16. The van der Waals surface area contributed by atoms with Crippen LogP contribution in [-0.4, -0.2) is 94.1 Å². The fourth-order valence-corrected chi connectivity index (χ4v) is 8.18. The van der Waals surface area contributed by atoms with E-state index >= 15 is 0 Å². The molecule has 4 atom stereocenters. The van der Waals surface area contributed by atoms with Gasteiger partial charge in [0.25, 0.3) is 11.4 Å². The number of hydrogen-bond acceptors (Lipinski definition) is 11. The van der Waals surface area contributed by atoms with Crippen molar-refractivity contribution in [2.75, 3.05) is 25.4 Å². The number of nitro groups is 2. The van der Waals surface area contributed by atoms with Crippen molar-refractivity contribution in [3.8, 4) is 0 Å². The lowest BCUT2D eigenvalue weighted by molar-refractivity contribution is -0.385. The second kappa shape index (κ2) is 16.3. The molecule has 0 saturated carbocycles. The van der Waals surface area contributed by atoms with Gasteiger partial charge in [0, 0.05) is 49.1 Å². The lowest BCUT2D eigenvalue weighted by atomic mass is 10.1. The normalized spacial score (nSPS) is 20.2. The number of rotatable bonds is 13. The number of aliphatic hydroxyl groups is 1. The molecule has 2 aromatic rings. The Hall–Kier alpha value is -3.73. The summed E-state index contributed by atoms with van der Waals surface area (Å²) in [5.74, 6) is 0.619. The zero-order valence-electron chi connectivity index (χ0n) is 28.6. The first-order valence-corrected chi connectivity index (χ1v) is 20.3. The molecule has 0 aromatic heterocycles. The smallest absolute Gasteiger partial charge is 0.410 e. The van der Waals surface area contributed by atoms with Crippen molar-refractivity contribution < 1.29 is 38.4 Å². The Morgan fingerprint density at radius 1 is 0.939 bits per heavy atom. The van der Waals surface area contributed by atoms with Gasteiger partial charge in [-0.2, -0.15) is 11.8 Å². The van der Waals surface area contributed by atoms with Crippen LogP contribution < -0.4 is 0 Å². The van der Waals surface area contributed by atoms with Gasteiger partial charge in [0.15, 0.2) is 8.32 Å². The topological polar surface area (TPSA) is 175 Å². The molecular weight excluding hydrogens is 673 g/mol. The second-order valence-electron chi connectivity index (χ2n) is 14.0. The Balaban J connectivity index is 1.28.